The number of halogens is 2. The molecular formula is C6H3BCl2. The van der Waals surface area contributed by atoms with Crippen molar-refractivity contribution in [3.8, 4) is 0 Å². The minimum absolute atomic E-state index is 0.430. The highest BCUT2D eigenvalue weighted by Crippen LogP contribution is 2.17. The van der Waals surface area contributed by atoms with Gasteiger partial charge < -0.3 is 0 Å². The molecule has 0 heterocycles. The lowest BCUT2D eigenvalue weighted by Crippen LogP contribution is -2.02. The summed E-state index contributed by atoms with van der Waals surface area (Å²) in [5.41, 5.74) is 0.518. The van der Waals surface area contributed by atoms with E-state index in [9.17, 15) is 0 Å². The first kappa shape index (κ1) is 6.98. The van der Waals surface area contributed by atoms with Gasteiger partial charge in [-0.2, -0.15) is 0 Å². The van der Waals surface area contributed by atoms with Crippen molar-refractivity contribution in [2.75, 3.05) is 0 Å². The van der Waals surface area contributed by atoms with Gasteiger partial charge in [-0.1, -0.05) is 40.8 Å². The minimum atomic E-state index is 0.430. The van der Waals surface area contributed by atoms with E-state index in [0.717, 1.165) is 0 Å². The molecule has 9 heavy (non-hydrogen) atoms. The zero-order valence-electron chi connectivity index (χ0n) is 4.57. The lowest BCUT2D eigenvalue weighted by atomic mass is 9.97. The van der Waals surface area contributed by atoms with Crippen LogP contribution in [0.25, 0.3) is 0 Å². The molecule has 2 radical (unpaired) electrons. The lowest BCUT2D eigenvalue weighted by Gasteiger charge is -1.96. The smallest absolute Gasteiger partial charge is 0.0834 e. The summed E-state index contributed by atoms with van der Waals surface area (Å²) in [4.78, 5) is 0. The molecule has 1 aromatic carbocycles. The summed E-state index contributed by atoms with van der Waals surface area (Å²) in [5, 5.41) is 0.927. The van der Waals surface area contributed by atoms with Crippen molar-refractivity contribution < 1.29 is 0 Å². The van der Waals surface area contributed by atoms with Gasteiger partial charge in [0.25, 0.3) is 0 Å². The predicted octanol–water partition coefficient (Wildman–Crippen LogP) is 1.79. The first-order valence-corrected chi connectivity index (χ1v) is 3.17. The highest BCUT2D eigenvalue weighted by Gasteiger charge is 1.96. The second kappa shape index (κ2) is 2.63. The Morgan fingerprint density at radius 3 is 2.33 bits per heavy atom. The average molecular weight is 157 g/mol. The third-order valence-corrected chi connectivity index (χ3v) is 1.81. The Hall–Kier alpha value is -0.135. The summed E-state index contributed by atoms with van der Waals surface area (Å²) in [6, 6.07) is 5.15. The molecule has 0 nitrogen and oxygen atoms in total. The van der Waals surface area contributed by atoms with Crippen molar-refractivity contribution in [2.45, 2.75) is 0 Å². The van der Waals surface area contributed by atoms with Crippen LogP contribution in [-0.4, -0.2) is 7.85 Å². The Bertz CT molecular complexity index is 202. The minimum Gasteiger partial charge on any atom is -0.0834 e. The highest BCUT2D eigenvalue weighted by atomic mass is 35.5. The van der Waals surface area contributed by atoms with Crippen LogP contribution in [0.15, 0.2) is 18.2 Å². The lowest BCUT2D eigenvalue weighted by molar-refractivity contribution is 1.76. The Balaban J connectivity index is 3.25. The van der Waals surface area contributed by atoms with Crippen LogP contribution in [0.2, 0.25) is 10.0 Å². The quantitative estimate of drug-likeness (QED) is 0.503. The zero-order chi connectivity index (χ0) is 6.85. The Morgan fingerprint density at radius 1 is 1.22 bits per heavy atom. The van der Waals surface area contributed by atoms with Gasteiger partial charge >= 0.3 is 0 Å². The normalized spacial score (nSPS) is 9.56. The summed E-state index contributed by atoms with van der Waals surface area (Å²) >= 11 is 11.2. The first-order chi connectivity index (χ1) is 4.22. The first-order valence-electron chi connectivity index (χ1n) is 2.41. The summed E-state index contributed by atoms with van der Waals surface area (Å²) in [6.07, 6.45) is 0. The van der Waals surface area contributed by atoms with Crippen LogP contribution < -0.4 is 5.46 Å². The SMILES string of the molecule is [B]c1cccc(Cl)c1Cl. The average Bonchev–Trinajstić information content (AvgIpc) is 1.83. The molecule has 0 aliphatic heterocycles. The molecule has 0 N–H and O–H groups in total. The van der Waals surface area contributed by atoms with Gasteiger partial charge in [-0.3, -0.25) is 0 Å². The third-order valence-electron chi connectivity index (χ3n) is 0.981. The van der Waals surface area contributed by atoms with E-state index in [1.165, 1.54) is 0 Å². The molecule has 0 aliphatic rings. The monoisotopic (exact) mass is 156 g/mol. The number of hydrogen-bond acceptors (Lipinski definition) is 0. The third kappa shape index (κ3) is 1.41. The van der Waals surface area contributed by atoms with Crippen LogP contribution in [-0.2, 0) is 0 Å². The summed E-state index contributed by atoms with van der Waals surface area (Å²) < 4.78 is 0. The summed E-state index contributed by atoms with van der Waals surface area (Å²) in [7, 11) is 5.40. The van der Waals surface area contributed by atoms with E-state index in [1.54, 1.807) is 18.2 Å². The van der Waals surface area contributed by atoms with Gasteiger partial charge in [0.2, 0.25) is 0 Å². The second-order valence-corrected chi connectivity index (χ2v) is 2.43. The van der Waals surface area contributed by atoms with E-state index < -0.39 is 0 Å². The number of hydrogen-bond donors (Lipinski definition) is 0. The van der Waals surface area contributed by atoms with Gasteiger partial charge in [0.15, 0.2) is 0 Å². The van der Waals surface area contributed by atoms with Gasteiger partial charge in [-0.15, -0.1) is 0 Å². The number of benzene rings is 1. The fourth-order valence-electron chi connectivity index (χ4n) is 0.520. The molecule has 1 rings (SSSR count). The summed E-state index contributed by atoms with van der Waals surface area (Å²) in [5.74, 6) is 0. The van der Waals surface area contributed by atoms with E-state index in [4.69, 9.17) is 31.0 Å². The maximum atomic E-state index is 5.62. The molecule has 0 bridgehead atoms. The second-order valence-electron chi connectivity index (χ2n) is 1.64. The predicted molar refractivity (Wildman–Crippen MR) is 41.9 cm³/mol. The molecule has 3 heteroatoms. The fraction of sp³-hybridized carbons (Fsp3) is 0. The van der Waals surface area contributed by atoms with Crippen molar-refractivity contribution in [3.63, 3.8) is 0 Å². The molecule has 0 amide bonds. The largest absolute Gasteiger partial charge is 0.115 e. The van der Waals surface area contributed by atoms with Crippen molar-refractivity contribution in [3.05, 3.63) is 28.2 Å². The molecule has 44 valence electrons. The molecule has 0 spiro atoms. The van der Waals surface area contributed by atoms with E-state index >= 15 is 0 Å². The van der Waals surface area contributed by atoms with Gasteiger partial charge in [0.05, 0.1) is 10.0 Å². The standard InChI is InChI=1S/C6H3BCl2/c7-4-2-1-3-5(8)6(4)9/h1-3H. The van der Waals surface area contributed by atoms with Crippen LogP contribution in [0.4, 0.5) is 0 Å². The van der Waals surface area contributed by atoms with Crippen LogP contribution in [0.5, 0.6) is 0 Å². The van der Waals surface area contributed by atoms with Crippen molar-refractivity contribution in [2.24, 2.45) is 0 Å². The van der Waals surface area contributed by atoms with Gasteiger partial charge in [0, 0.05) is 0 Å². The molecule has 0 atom stereocenters. The topological polar surface area (TPSA) is 0 Å². The van der Waals surface area contributed by atoms with Crippen molar-refractivity contribution in [1.29, 1.82) is 0 Å². The molecule has 0 aromatic heterocycles. The van der Waals surface area contributed by atoms with Gasteiger partial charge in [-0.05, 0) is 6.07 Å². The van der Waals surface area contributed by atoms with E-state index in [1.807, 2.05) is 0 Å². The van der Waals surface area contributed by atoms with Gasteiger partial charge in [0.1, 0.15) is 7.85 Å². The zero-order valence-corrected chi connectivity index (χ0v) is 6.08. The maximum Gasteiger partial charge on any atom is 0.115 e. The van der Waals surface area contributed by atoms with E-state index in [2.05, 4.69) is 0 Å². The van der Waals surface area contributed by atoms with Crippen molar-refractivity contribution in [1.82, 2.24) is 0 Å². The molecule has 0 unspecified atom stereocenters. The van der Waals surface area contributed by atoms with E-state index in [0.29, 0.717) is 15.5 Å². The maximum absolute atomic E-state index is 5.62. The highest BCUT2D eigenvalue weighted by molar-refractivity contribution is 6.50. The molecule has 1 aromatic rings. The van der Waals surface area contributed by atoms with Crippen molar-refractivity contribution >= 4 is 36.5 Å². The molecule has 0 aliphatic carbocycles. The van der Waals surface area contributed by atoms with Crippen LogP contribution in [0.3, 0.4) is 0 Å². The van der Waals surface area contributed by atoms with Gasteiger partial charge in [-0.25, -0.2) is 0 Å². The van der Waals surface area contributed by atoms with Crippen LogP contribution >= 0.6 is 23.2 Å². The van der Waals surface area contributed by atoms with E-state index in [-0.39, 0.29) is 0 Å². The van der Waals surface area contributed by atoms with Crippen LogP contribution in [0, 0.1) is 0 Å². The molecule has 0 saturated heterocycles. The van der Waals surface area contributed by atoms with Crippen LogP contribution in [0.1, 0.15) is 0 Å². The molecular weight excluding hydrogens is 154 g/mol. The Morgan fingerprint density at radius 2 is 1.89 bits per heavy atom. The molecule has 0 saturated carbocycles. The Kier molecular flexibility index (Phi) is 2.04. The number of rotatable bonds is 0. The Labute approximate surface area is 65.2 Å². The fourth-order valence-corrected chi connectivity index (χ4v) is 0.828. The summed E-state index contributed by atoms with van der Waals surface area (Å²) in [6.45, 7) is 0. The molecule has 0 fully saturated rings.